The van der Waals surface area contributed by atoms with E-state index in [4.69, 9.17) is 14.2 Å². The highest BCUT2D eigenvalue weighted by Crippen LogP contribution is 2.52. The SMILES string of the molecule is CCCOP(=O)(CPc1ccc(C(=O)O)cc1)OCC. The Hall–Kier alpha value is -0.730. The van der Waals surface area contributed by atoms with Gasteiger partial charge in [0.25, 0.3) is 0 Å². The summed E-state index contributed by atoms with van der Waals surface area (Å²) < 4.78 is 23.0. The van der Waals surface area contributed by atoms with Crippen LogP contribution >= 0.6 is 16.2 Å². The molecular formula is C13H20O5P2. The van der Waals surface area contributed by atoms with Gasteiger partial charge in [0.1, 0.15) is 0 Å². The zero-order valence-corrected chi connectivity index (χ0v) is 13.6. The third kappa shape index (κ3) is 5.72. The van der Waals surface area contributed by atoms with Gasteiger partial charge in [-0.25, -0.2) is 4.79 Å². The monoisotopic (exact) mass is 318 g/mol. The Bertz CT molecular complexity index is 472. The molecule has 0 aliphatic carbocycles. The quantitative estimate of drug-likeness (QED) is 0.707. The zero-order valence-electron chi connectivity index (χ0n) is 11.7. The summed E-state index contributed by atoms with van der Waals surface area (Å²) in [5.74, 6) is -0.626. The Morgan fingerprint density at radius 1 is 1.25 bits per heavy atom. The van der Waals surface area contributed by atoms with Gasteiger partial charge < -0.3 is 14.2 Å². The number of carboxylic acids is 1. The summed E-state index contributed by atoms with van der Waals surface area (Å²) in [6, 6.07) is 6.56. The summed E-state index contributed by atoms with van der Waals surface area (Å²) >= 11 is 0. The van der Waals surface area contributed by atoms with E-state index in [-0.39, 0.29) is 14.1 Å². The van der Waals surface area contributed by atoms with Crippen molar-refractivity contribution in [2.24, 2.45) is 0 Å². The van der Waals surface area contributed by atoms with Crippen LogP contribution in [0.25, 0.3) is 0 Å². The molecule has 0 heterocycles. The van der Waals surface area contributed by atoms with Gasteiger partial charge in [0, 0.05) is 0 Å². The summed E-state index contributed by atoms with van der Waals surface area (Å²) in [5.41, 5.74) is 0.244. The summed E-state index contributed by atoms with van der Waals surface area (Å²) in [6.45, 7) is 4.50. The second kappa shape index (κ2) is 8.53. The molecule has 2 unspecified atom stereocenters. The van der Waals surface area contributed by atoms with Crippen LogP contribution < -0.4 is 5.30 Å². The maximum Gasteiger partial charge on any atom is 0.335 e. The van der Waals surface area contributed by atoms with Crippen LogP contribution in [0.3, 0.4) is 0 Å². The van der Waals surface area contributed by atoms with Crippen molar-refractivity contribution in [2.75, 3.05) is 19.1 Å². The number of aromatic carboxylic acids is 1. The second-order valence-corrected chi connectivity index (χ2v) is 8.01. The molecule has 0 aromatic heterocycles. The molecule has 5 nitrogen and oxygen atoms in total. The minimum atomic E-state index is -3.04. The minimum Gasteiger partial charge on any atom is -0.478 e. The van der Waals surface area contributed by atoms with Crippen LogP contribution in [0.1, 0.15) is 30.6 Å². The lowest BCUT2D eigenvalue weighted by Gasteiger charge is -2.17. The molecule has 0 saturated heterocycles. The Labute approximate surface area is 121 Å². The first-order chi connectivity index (χ1) is 9.50. The topological polar surface area (TPSA) is 72.8 Å². The molecule has 0 aliphatic rings. The molecule has 0 bridgehead atoms. The first-order valence-electron chi connectivity index (χ1n) is 6.46. The van der Waals surface area contributed by atoms with Crippen molar-refractivity contribution in [1.29, 1.82) is 0 Å². The van der Waals surface area contributed by atoms with Crippen LogP contribution in [0.2, 0.25) is 0 Å². The first-order valence-corrected chi connectivity index (χ1v) is 9.39. The summed E-state index contributed by atoms with van der Waals surface area (Å²) in [5, 5.41) is 9.76. The smallest absolute Gasteiger partial charge is 0.335 e. The predicted molar refractivity (Wildman–Crippen MR) is 81.7 cm³/mol. The average Bonchev–Trinajstić information content (AvgIpc) is 2.44. The second-order valence-electron chi connectivity index (χ2n) is 4.08. The van der Waals surface area contributed by atoms with Gasteiger partial charge in [0.15, 0.2) is 0 Å². The van der Waals surface area contributed by atoms with Crippen molar-refractivity contribution < 1.29 is 23.5 Å². The van der Waals surface area contributed by atoms with Gasteiger partial charge in [-0.1, -0.05) is 27.6 Å². The minimum absolute atomic E-state index is 0.244. The lowest BCUT2D eigenvalue weighted by Crippen LogP contribution is -2.03. The van der Waals surface area contributed by atoms with E-state index in [1.165, 1.54) is 0 Å². The van der Waals surface area contributed by atoms with E-state index < -0.39 is 13.6 Å². The van der Waals surface area contributed by atoms with E-state index in [1.54, 1.807) is 31.2 Å². The van der Waals surface area contributed by atoms with Crippen molar-refractivity contribution in [1.82, 2.24) is 0 Å². The lowest BCUT2D eigenvalue weighted by molar-refractivity contribution is 0.0697. The van der Waals surface area contributed by atoms with Gasteiger partial charge in [-0.3, -0.25) is 4.57 Å². The molecule has 1 rings (SSSR count). The van der Waals surface area contributed by atoms with E-state index in [9.17, 15) is 9.36 Å². The largest absolute Gasteiger partial charge is 0.478 e. The van der Waals surface area contributed by atoms with Crippen LogP contribution in [0, 0.1) is 0 Å². The predicted octanol–water partition coefficient (Wildman–Crippen LogP) is 3.30. The number of hydrogen-bond acceptors (Lipinski definition) is 4. The Balaban J connectivity index is 2.62. The van der Waals surface area contributed by atoms with Crippen LogP contribution in [0.15, 0.2) is 24.3 Å². The molecule has 0 amide bonds. The number of carbonyl (C=O) groups is 1. The number of hydrogen-bond donors (Lipinski definition) is 1. The molecular weight excluding hydrogens is 298 g/mol. The summed E-state index contributed by atoms with van der Waals surface area (Å²) in [7, 11) is -2.78. The standard InChI is InChI=1S/C13H20O5P2/c1-3-9-18-20(16,17-4-2)10-19-12-7-5-11(6-8-12)13(14)15/h5-8,19H,3-4,9-10H2,1-2H3,(H,14,15). The van der Waals surface area contributed by atoms with E-state index >= 15 is 0 Å². The first kappa shape index (κ1) is 17.3. The Kier molecular flexibility index (Phi) is 7.39. The number of carboxylic acid groups (broad SMARTS) is 1. The molecule has 1 aromatic rings. The molecule has 0 saturated carbocycles. The number of benzene rings is 1. The molecule has 20 heavy (non-hydrogen) atoms. The van der Waals surface area contributed by atoms with Gasteiger partial charge in [0.2, 0.25) is 0 Å². The van der Waals surface area contributed by atoms with E-state index in [1.807, 2.05) is 6.92 Å². The molecule has 112 valence electrons. The molecule has 1 aromatic carbocycles. The maximum atomic E-state index is 12.4. The Morgan fingerprint density at radius 3 is 2.40 bits per heavy atom. The van der Waals surface area contributed by atoms with Gasteiger partial charge in [-0.05, 0) is 30.8 Å². The summed E-state index contributed by atoms with van der Waals surface area (Å²) in [6.07, 6.45) is 0.785. The van der Waals surface area contributed by atoms with Crippen LogP contribution in [-0.4, -0.2) is 30.2 Å². The molecule has 0 radical (unpaired) electrons. The lowest BCUT2D eigenvalue weighted by atomic mass is 10.2. The molecule has 0 aliphatic heterocycles. The third-order valence-corrected chi connectivity index (χ3v) is 6.58. The molecule has 2 atom stereocenters. The number of rotatable bonds is 9. The third-order valence-electron chi connectivity index (χ3n) is 2.43. The van der Waals surface area contributed by atoms with Crippen molar-refractivity contribution in [2.45, 2.75) is 20.3 Å². The van der Waals surface area contributed by atoms with Crippen LogP contribution in [0.4, 0.5) is 0 Å². The van der Waals surface area contributed by atoms with Gasteiger partial charge in [0.05, 0.1) is 24.7 Å². The fourth-order valence-electron chi connectivity index (χ4n) is 1.47. The van der Waals surface area contributed by atoms with E-state index in [2.05, 4.69) is 0 Å². The van der Waals surface area contributed by atoms with E-state index in [0.29, 0.717) is 19.1 Å². The highest BCUT2D eigenvalue weighted by Gasteiger charge is 2.23. The highest BCUT2D eigenvalue weighted by atomic mass is 31.2. The van der Waals surface area contributed by atoms with Crippen LogP contribution in [0.5, 0.6) is 0 Å². The fourth-order valence-corrected chi connectivity index (χ4v) is 5.04. The van der Waals surface area contributed by atoms with E-state index in [0.717, 1.165) is 11.7 Å². The molecule has 0 spiro atoms. The molecule has 7 heteroatoms. The van der Waals surface area contributed by atoms with Gasteiger partial charge >= 0.3 is 13.6 Å². The molecule has 0 fully saturated rings. The van der Waals surface area contributed by atoms with Gasteiger partial charge in [-0.15, -0.1) is 0 Å². The maximum absolute atomic E-state index is 12.4. The zero-order chi connectivity index (χ0) is 15.0. The van der Waals surface area contributed by atoms with Crippen LogP contribution in [-0.2, 0) is 13.6 Å². The van der Waals surface area contributed by atoms with Gasteiger partial charge in [-0.2, -0.15) is 0 Å². The normalized spacial score (nSPS) is 14.5. The fraction of sp³-hybridized carbons (Fsp3) is 0.462. The molecule has 1 N–H and O–H groups in total. The highest BCUT2D eigenvalue weighted by molar-refractivity contribution is 7.68. The van der Waals surface area contributed by atoms with Crippen molar-refractivity contribution in [3.63, 3.8) is 0 Å². The van der Waals surface area contributed by atoms with Crippen molar-refractivity contribution >= 4 is 27.5 Å². The van der Waals surface area contributed by atoms with Crippen molar-refractivity contribution in [3.05, 3.63) is 29.8 Å². The Morgan fingerprint density at radius 2 is 1.90 bits per heavy atom. The summed E-state index contributed by atoms with van der Waals surface area (Å²) in [4.78, 5) is 10.8. The van der Waals surface area contributed by atoms with Crippen molar-refractivity contribution in [3.8, 4) is 0 Å². The average molecular weight is 318 g/mol.